The lowest BCUT2D eigenvalue weighted by Crippen LogP contribution is -2.36. The molecule has 1 aliphatic rings. The molecule has 0 aliphatic carbocycles. The Morgan fingerprint density at radius 2 is 1.28 bits per heavy atom. The minimum absolute atomic E-state index is 0.322. The maximum atomic E-state index is 13.5. The highest BCUT2D eigenvalue weighted by Gasteiger charge is 2.32. The predicted octanol–water partition coefficient (Wildman–Crippen LogP) is 4.20. The van der Waals surface area contributed by atoms with Crippen molar-refractivity contribution in [1.29, 1.82) is 0 Å². The van der Waals surface area contributed by atoms with E-state index in [0.717, 1.165) is 44.7 Å². The van der Waals surface area contributed by atoms with Crippen molar-refractivity contribution in [3.05, 3.63) is 101 Å². The van der Waals surface area contributed by atoms with E-state index in [-0.39, 0.29) is 11.6 Å². The van der Waals surface area contributed by atoms with Gasteiger partial charge in [-0.2, -0.15) is 0 Å². The van der Waals surface area contributed by atoms with Crippen molar-refractivity contribution in [1.82, 2.24) is 9.80 Å². The van der Waals surface area contributed by atoms with Crippen LogP contribution < -0.4 is 0 Å². The zero-order valence-electron chi connectivity index (χ0n) is 20.4. The summed E-state index contributed by atoms with van der Waals surface area (Å²) in [5.41, 5.74) is 0.848. The zero-order valence-corrected chi connectivity index (χ0v) is 21.2. The molecule has 5 nitrogen and oxygen atoms in total. The molecule has 0 atom stereocenters. The summed E-state index contributed by atoms with van der Waals surface area (Å²) in [5.74, 6) is -0.752. The summed E-state index contributed by atoms with van der Waals surface area (Å²) in [6, 6.07) is 18.7. The van der Waals surface area contributed by atoms with Crippen molar-refractivity contribution in [2.75, 3.05) is 39.0 Å². The largest absolute Gasteiger partial charge is 0.380 e. The topological polar surface area (TPSA) is 60.9 Å². The van der Waals surface area contributed by atoms with Gasteiger partial charge in [0.2, 0.25) is 0 Å². The minimum Gasteiger partial charge on any atom is -0.380 e. The highest BCUT2D eigenvalue weighted by Crippen LogP contribution is 2.33. The van der Waals surface area contributed by atoms with Gasteiger partial charge in [-0.15, -0.1) is 0 Å². The van der Waals surface area contributed by atoms with Crippen LogP contribution in [-0.4, -0.2) is 62.3 Å². The molecule has 0 amide bonds. The van der Waals surface area contributed by atoms with E-state index in [4.69, 9.17) is 0 Å². The average Bonchev–Trinajstić information content (AvgIpc) is 3.08. The smallest absolute Gasteiger partial charge is 0.175 e. The third-order valence-electron chi connectivity index (χ3n) is 6.87. The molecule has 4 rings (SSSR count). The van der Waals surface area contributed by atoms with E-state index < -0.39 is 15.4 Å². The van der Waals surface area contributed by atoms with Gasteiger partial charge in [-0.25, -0.2) is 17.2 Å². The number of rotatable bonds is 8. The van der Waals surface area contributed by atoms with Gasteiger partial charge in [0.1, 0.15) is 17.2 Å². The van der Waals surface area contributed by atoms with Crippen molar-refractivity contribution in [2.24, 2.45) is 0 Å². The Kier molecular flexibility index (Phi) is 8.20. The van der Waals surface area contributed by atoms with Gasteiger partial charge in [0.25, 0.3) is 0 Å². The Morgan fingerprint density at radius 1 is 0.778 bits per heavy atom. The Balaban J connectivity index is 1.40. The molecular weight excluding hydrogens is 482 g/mol. The van der Waals surface area contributed by atoms with Gasteiger partial charge >= 0.3 is 0 Å². The van der Waals surface area contributed by atoms with Crippen LogP contribution >= 0.6 is 0 Å². The normalized spacial score (nSPS) is 16.1. The molecule has 3 aromatic rings. The lowest BCUT2D eigenvalue weighted by atomic mass is 9.83. The van der Waals surface area contributed by atoms with Crippen LogP contribution in [0, 0.1) is 11.6 Å². The Bertz CT molecular complexity index is 1200. The Hall–Kier alpha value is -2.65. The molecular formula is C28H32F2N2O3S. The molecule has 0 bridgehead atoms. The monoisotopic (exact) mass is 514 g/mol. The van der Waals surface area contributed by atoms with E-state index in [1.54, 1.807) is 36.4 Å². The molecule has 0 radical (unpaired) electrons. The second-order valence-electron chi connectivity index (χ2n) is 9.51. The first-order valence-electron chi connectivity index (χ1n) is 12.1. The Morgan fingerprint density at radius 3 is 1.81 bits per heavy atom. The van der Waals surface area contributed by atoms with Crippen molar-refractivity contribution < 1.29 is 22.3 Å². The van der Waals surface area contributed by atoms with Crippen LogP contribution in [0.3, 0.4) is 0 Å². The number of benzene rings is 3. The van der Waals surface area contributed by atoms with Crippen molar-refractivity contribution >= 4 is 9.84 Å². The highest BCUT2D eigenvalue weighted by molar-refractivity contribution is 7.90. The third kappa shape index (κ3) is 6.56. The Labute approximate surface area is 211 Å². The molecule has 0 unspecified atom stereocenters. The van der Waals surface area contributed by atoms with Gasteiger partial charge in [0.05, 0.1) is 4.90 Å². The molecule has 1 saturated heterocycles. The molecule has 0 spiro atoms. The van der Waals surface area contributed by atoms with Gasteiger partial charge in [0.15, 0.2) is 9.84 Å². The van der Waals surface area contributed by atoms with E-state index in [1.165, 1.54) is 30.5 Å². The zero-order chi connectivity index (χ0) is 25.8. The van der Waals surface area contributed by atoms with E-state index in [1.807, 2.05) is 12.1 Å². The molecule has 0 saturated carbocycles. The maximum Gasteiger partial charge on any atom is 0.175 e. The third-order valence-corrected chi connectivity index (χ3v) is 8.00. The van der Waals surface area contributed by atoms with E-state index in [9.17, 15) is 22.3 Å². The number of nitrogens with zero attached hydrogens (tertiary/aromatic N) is 2. The maximum absolute atomic E-state index is 13.5. The summed E-state index contributed by atoms with van der Waals surface area (Å²) in [6.45, 7) is 4.84. The number of hydrogen-bond donors (Lipinski definition) is 1. The quantitative estimate of drug-likeness (QED) is 0.488. The summed E-state index contributed by atoms with van der Waals surface area (Å²) in [4.78, 5) is 4.98. The van der Waals surface area contributed by atoms with Gasteiger partial charge in [-0.3, -0.25) is 4.90 Å². The van der Waals surface area contributed by atoms with Crippen LogP contribution in [0.15, 0.2) is 77.7 Å². The molecule has 1 heterocycles. The van der Waals surface area contributed by atoms with E-state index in [0.29, 0.717) is 29.0 Å². The molecule has 8 heteroatoms. The number of sulfone groups is 1. The number of hydrogen-bond acceptors (Lipinski definition) is 5. The SMILES string of the molecule is CS(=O)(=O)c1ccc(CN2CCCN(CCC(O)(c3ccc(F)cc3)c3ccc(F)cc3)CC2)cc1. The molecule has 1 N–H and O–H groups in total. The van der Waals surface area contributed by atoms with Gasteiger partial charge in [-0.05, 0) is 79.0 Å². The summed E-state index contributed by atoms with van der Waals surface area (Å²) < 4.78 is 50.5. The standard InChI is InChI=1S/C28H32F2N2O3S/c1-36(34,35)27-13-3-22(4-14-27)21-32-17-2-16-31(19-20-32)18-15-28(33,23-5-9-25(29)10-6-23)24-7-11-26(30)12-8-24/h3-14,33H,2,15-21H2,1H3. The fourth-order valence-corrected chi connectivity index (χ4v) is 5.36. The lowest BCUT2D eigenvalue weighted by Gasteiger charge is -2.32. The predicted molar refractivity (Wildman–Crippen MR) is 136 cm³/mol. The lowest BCUT2D eigenvalue weighted by molar-refractivity contribution is 0.0576. The summed E-state index contributed by atoms with van der Waals surface area (Å²) in [7, 11) is -3.21. The molecule has 192 valence electrons. The highest BCUT2D eigenvalue weighted by atomic mass is 32.2. The first-order chi connectivity index (χ1) is 17.1. The van der Waals surface area contributed by atoms with Gasteiger partial charge in [-0.1, -0.05) is 36.4 Å². The molecule has 36 heavy (non-hydrogen) atoms. The summed E-state index contributed by atoms with van der Waals surface area (Å²) in [5, 5.41) is 11.7. The minimum atomic E-state index is -3.21. The van der Waals surface area contributed by atoms with E-state index in [2.05, 4.69) is 9.80 Å². The second-order valence-corrected chi connectivity index (χ2v) is 11.5. The van der Waals surface area contributed by atoms with Crippen LogP contribution in [0.2, 0.25) is 0 Å². The van der Waals surface area contributed by atoms with Gasteiger partial charge < -0.3 is 10.0 Å². The molecule has 0 aromatic heterocycles. The average molecular weight is 515 g/mol. The van der Waals surface area contributed by atoms with Gasteiger partial charge in [0, 0.05) is 32.4 Å². The first kappa shape index (κ1) is 26.4. The second kappa shape index (κ2) is 11.2. The van der Waals surface area contributed by atoms with Crippen LogP contribution in [0.25, 0.3) is 0 Å². The molecule has 1 fully saturated rings. The molecule has 3 aromatic carbocycles. The van der Waals surface area contributed by atoms with Crippen LogP contribution in [0.4, 0.5) is 8.78 Å². The van der Waals surface area contributed by atoms with E-state index >= 15 is 0 Å². The summed E-state index contributed by atoms with van der Waals surface area (Å²) >= 11 is 0. The first-order valence-corrected chi connectivity index (χ1v) is 14.0. The van der Waals surface area contributed by atoms with Crippen molar-refractivity contribution in [2.45, 2.75) is 29.9 Å². The fraction of sp³-hybridized carbons (Fsp3) is 0.357. The van der Waals surface area contributed by atoms with Crippen LogP contribution in [0.1, 0.15) is 29.5 Å². The number of aliphatic hydroxyl groups is 1. The fourth-order valence-electron chi connectivity index (χ4n) is 4.73. The number of halogens is 2. The van der Waals surface area contributed by atoms with Crippen molar-refractivity contribution in [3.63, 3.8) is 0 Å². The van der Waals surface area contributed by atoms with Crippen LogP contribution in [-0.2, 0) is 22.0 Å². The van der Waals surface area contributed by atoms with Crippen molar-refractivity contribution in [3.8, 4) is 0 Å². The molecule has 1 aliphatic heterocycles. The summed E-state index contributed by atoms with van der Waals surface area (Å²) in [6.07, 6.45) is 2.56. The van der Waals surface area contributed by atoms with Crippen LogP contribution in [0.5, 0.6) is 0 Å².